The van der Waals surface area contributed by atoms with Crippen LogP contribution in [0.2, 0.25) is 0 Å². The molecule has 0 bridgehead atoms. The molecule has 0 saturated heterocycles. The zero-order valence-corrected chi connectivity index (χ0v) is 17.1. The highest BCUT2D eigenvalue weighted by Gasteiger charge is 2.37. The first-order valence-electron chi connectivity index (χ1n) is 10.6. The minimum absolute atomic E-state index is 0.0338. The highest BCUT2D eigenvalue weighted by atomic mass is 14.7. The fourth-order valence-corrected chi connectivity index (χ4v) is 5.76. The first kappa shape index (κ1) is 16.2. The molecule has 1 aliphatic carbocycles. The molecule has 0 spiro atoms. The van der Waals surface area contributed by atoms with Crippen LogP contribution in [0.5, 0.6) is 0 Å². The standard InChI is InChI=1S/C29H21N/c1-29(2)24-15-23-26(30-25-14-12-17-7-3-5-9-19(17)27(23)25)16-22(24)21-13-11-18-8-4-6-10-20(18)28(21)29/h3-16,30H,1-2H3. The lowest BCUT2D eigenvalue weighted by molar-refractivity contribution is 0.667. The first-order valence-corrected chi connectivity index (χ1v) is 10.6. The molecule has 0 aliphatic heterocycles. The Morgan fingerprint density at radius 2 is 1.30 bits per heavy atom. The van der Waals surface area contributed by atoms with Crippen molar-refractivity contribution >= 4 is 43.4 Å². The van der Waals surface area contributed by atoms with Gasteiger partial charge in [-0.2, -0.15) is 0 Å². The van der Waals surface area contributed by atoms with E-state index in [1.165, 1.54) is 65.6 Å². The van der Waals surface area contributed by atoms with E-state index in [-0.39, 0.29) is 5.41 Å². The number of benzene rings is 5. The lowest BCUT2D eigenvalue weighted by atomic mass is 9.80. The molecule has 1 heterocycles. The highest BCUT2D eigenvalue weighted by Crippen LogP contribution is 2.52. The van der Waals surface area contributed by atoms with Crippen molar-refractivity contribution < 1.29 is 0 Å². The Bertz CT molecular complexity index is 1660. The maximum absolute atomic E-state index is 3.70. The normalized spacial score (nSPS) is 14.6. The largest absolute Gasteiger partial charge is 0.354 e. The second-order valence-electron chi connectivity index (χ2n) is 9.11. The van der Waals surface area contributed by atoms with E-state index in [2.05, 4.69) is 104 Å². The summed E-state index contributed by atoms with van der Waals surface area (Å²) in [4.78, 5) is 3.70. The molecule has 1 nitrogen and oxygen atoms in total. The Labute approximate surface area is 175 Å². The molecule has 1 heteroatoms. The molecular weight excluding hydrogens is 362 g/mol. The molecule has 0 atom stereocenters. The van der Waals surface area contributed by atoms with Crippen molar-refractivity contribution in [1.29, 1.82) is 0 Å². The Morgan fingerprint density at radius 1 is 0.600 bits per heavy atom. The molecule has 0 radical (unpaired) electrons. The molecule has 0 amide bonds. The third kappa shape index (κ3) is 1.88. The summed E-state index contributed by atoms with van der Waals surface area (Å²) in [5.74, 6) is 0. The third-order valence-corrected chi connectivity index (χ3v) is 7.14. The topological polar surface area (TPSA) is 15.8 Å². The quantitative estimate of drug-likeness (QED) is 0.274. The van der Waals surface area contributed by atoms with Crippen molar-refractivity contribution in [3.8, 4) is 11.1 Å². The molecule has 1 N–H and O–H groups in total. The van der Waals surface area contributed by atoms with Crippen molar-refractivity contribution in [1.82, 2.24) is 4.98 Å². The predicted molar refractivity (Wildman–Crippen MR) is 128 cm³/mol. The maximum Gasteiger partial charge on any atom is 0.0471 e. The second-order valence-corrected chi connectivity index (χ2v) is 9.11. The molecule has 0 saturated carbocycles. The van der Waals surface area contributed by atoms with E-state index >= 15 is 0 Å². The van der Waals surface area contributed by atoms with Crippen LogP contribution in [-0.2, 0) is 5.41 Å². The van der Waals surface area contributed by atoms with E-state index in [0.717, 1.165) is 0 Å². The molecule has 1 aliphatic rings. The fourth-order valence-electron chi connectivity index (χ4n) is 5.76. The van der Waals surface area contributed by atoms with E-state index < -0.39 is 0 Å². The summed E-state index contributed by atoms with van der Waals surface area (Å²) in [6.45, 7) is 4.76. The SMILES string of the molecule is CC1(C)c2cc3c(cc2-c2ccc4ccccc4c21)[nH]c1ccc2ccccc2c13. The van der Waals surface area contributed by atoms with Crippen LogP contribution in [-0.4, -0.2) is 4.98 Å². The van der Waals surface area contributed by atoms with E-state index in [9.17, 15) is 0 Å². The van der Waals surface area contributed by atoms with Crippen molar-refractivity contribution in [2.75, 3.05) is 0 Å². The minimum Gasteiger partial charge on any atom is -0.354 e. The molecule has 0 unspecified atom stereocenters. The van der Waals surface area contributed by atoms with Crippen LogP contribution in [0.3, 0.4) is 0 Å². The van der Waals surface area contributed by atoms with Gasteiger partial charge in [0.1, 0.15) is 0 Å². The van der Waals surface area contributed by atoms with E-state index in [1.807, 2.05) is 0 Å². The first-order chi connectivity index (χ1) is 14.6. The number of aromatic nitrogens is 1. The van der Waals surface area contributed by atoms with Gasteiger partial charge in [0.25, 0.3) is 0 Å². The van der Waals surface area contributed by atoms with Crippen LogP contribution in [0.25, 0.3) is 54.5 Å². The van der Waals surface area contributed by atoms with Gasteiger partial charge < -0.3 is 4.98 Å². The lowest BCUT2D eigenvalue weighted by Gasteiger charge is -2.23. The Kier molecular flexibility index (Phi) is 2.88. The number of aromatic amines is 1. The summed E-state index contributed by atoms with van der Waals surface area (Å²) in [5, 5.41) is 7.96. The van der Waals surface area contributed by atoms with Gasteiger partial charge in [0.2, 0.25) is 0 Å². The van der Waals surface area contributed by atoms with Gasteiger partial charge in [-0.1, -0.05) is 80.6 Å². The van der Waals surface area contributed by atoms with Gasteiger partial charge in [0, 0.05) is 27.2 Å². The van der Waals surface area contributed by atoms with Gasteiger partial charge in [-0.25, -0.2) is 0 Å². The van der Waals surface area contributed by atoms with Crippen molar-refractivity contribution in [2.45, 2.75) is 19.3 Å². The average molecular weight is 383 g/mol. The number of nitrogens with one attached hydrogen (secondary N) is 1. The summed E-state index contributed by atoms with van der Waals surface area (Å²) in [7, 11) is 0. The van der Waals surface area contributed by atoms with Gasteiger partial charge >= 0.3 is 0 Å². The van der Waals surface area contributed by atoms with Gasteiger partial charge in [-0.3, -0.25) is 0 Å². The zero-order valence-electron chi connectivity index (χ0n) is 17.1. The van der Waals surface area contributed by atoms with Gasteiger partial charge in [-0.05, 0) is 62.0 Å². The monoisotopic (exact) mass is 383 g/mol. The van der Waals surface area contributed by atoms with Crippen LogP contribution in [0.1, 0.15) is 25.0 Å². The van der Waals surface area contributed by atoms with E-state index in [4.69, 9.17) is 0 Å². The zero-order chi connectivity index (χ0) is 20.0. The van der Waals surface area contributed by atoms with Gasteiger partial charge in [-0.15, -0.1) is 0 Å². The molecule has 142 valence electrons. The number of hydrogen-bond acceptors (Lipinski definition) is 0. The van der Waals surface area contributed by atoms with Crippen LogP contribution in [0.15, 0.2) is 84.9 Å². The third-order valence-electron chi connectivity index (χ3n) is 7.14. The van der Waals surface area contributed by atoms with Gasteiger partial charge in [0.05, 0.1) is 0 Å². The molecule has 6 aromatic rings. The summed E-state index contributed by atoms with van der Waals surface area (Å²) in [6, 6.07) is 31.3. The minimum atomic E-state index is -0.0338. The molecule has 7 rings (SSSR count). The predicted octanol–water partition coefficient (Wildman–Crippen LogP) is 7.93. The van der Waals surface area contributed by atoms with Crippen molar-refractivity contribution in [3.63, 3.8) is 0 Å². The number of rotatable bonds is 0. The number of H-pyrrole nitrogens is 1. The summed E-state index contributed by atoms with van der Waals surface area (Å²) in [6.07, 6.45) is 0. The van der Waals surface area contributed by atoms with E-state index in [0.29, 0.717) is 0 Å². The molecule has 1 aromatic heterocycles. The number of fused-ring (bicyclic) bond motifs is 10. The van der Waals surface area contributed by atoms with Crippen LogP contribution >= 0.6 is 0 Å². The summed E-state index contributed by atoms with van der Waals surface area (Å²) >= 11 is 0. The Hall–Kier alpha value is -3.58. The maximum atomic E-state index is 3.70. The number of hydrogen-bond donors (Lipinski definition) is 1. The molecule has 0 fully saturated rings. The smallest absolute Gasteiger partial charge is 0.0471 e. The second kappa shape index (κ2) is 5.31. The highest BCUT2D eigenvalue weighted by molar-refractivity contribution is 6.21. The van der Waals surface area contributed by atoms with Crippen LogP contribution in [0.4, 0.5) is 0 Å². The van der Waals surface area contributed by atoms with Crippen molar-refractivity contribution in [2.24, 2.45) is 0 Å². The van der Waals surface area contributed by atoms with Crippen LogP contribution in [0, 0.1) is 0 Å². The fraction of sp³-hybridized carbons (Fsp3) is 0.103. The Morgan fingerprint density at radius 3 is 2.13 bits per heavy atom. The van der Waals surface area contributed by atoms with Crippen molar-refractivity contribution in [3.05, 3.63) is 96.1 Å². The molecule has 30 heavy (non-hydrogen) atoms. The van der Waals surface area contributed by atoms with Gasteiger partial charge in [0.15, 0.2) is 0 Å². The summed E-state index contributed by atoms with van der Waals surface area (Å²) < 4.78 is 0. The van der Waals surface area contributed by atoms with Crippen LogP contribution < -0.4 is 0 Å². The summed E-state index contributed by atoms with van der Waals surface area (Å²) in [5.41, 5.74) is 8.02. The molecule has 5 aromatic carbocycles. The molecular formula is C29H21N. The Balaban J connectivity index is 1.63. The lowest BCUT2D eigenvalue weighted by Crippen LogP contribution is -2.15. The van der Waals surface area contributed by atoms with E-state index in [1.54, 1.807) is 0 Å². The average Bonchev–Trinajstić information content (AvgIpc) is 3.25.